The van der Waals surface area contributed by atoms with E-state index in [0.29, 0.717) is 5.25 Å². The summed E-state index contributed by atoms with van der Waals surface area (Å²) in [7, 11) is 1.99. The molecule has 0 aromatic heterocycles. The summed E-state index contributed by atoms with van der Waals surface area (Å²) in [5.41, 5.74) is 1.36. The molecule has 0 saturated heterocycles. The first-order valence-electron chi connectivity index (χ1n) is 6.33. The van der Waals surface area contributed by atoms with Crippen molar-refractivity contribution in [3.05, 3.63) is 29.8 Å². The van der Waals surface area contributed by atoms with E-state index in [1.165, 1.54) is 16.9 Å². The van der Waals surface area contributed by atoms with Gasteiger partial charge in [0, 0.05) is 16.7 Å². The summed E-state index contributed by atoms with van der Waals surface area (Å²) in [6.07, 6.45) is 1.18. The number of nitrogens with one attached hydrogen (secondary N) is 2. The number of thioether (sulfide) groups is 1. The average molecular weight is 252 g/mol. The highest BCUT2D eigenvalue weighted by molar-refractivity contribution is 7.99. The van der Waals surface area contributed by atoms with Gasteiger partial charge in [-0.05, 0) is 44.3 Å². The highest BCUT2D eigenvalue weighted by atomic mass is 32.2. The molecule has 0 spiro atoms. The van der Waals surface area contributed by atoms with Crippen molar-refractivity contribution in [2.24, 2.45) is 0 Å². The summed E-state index contributed by atoms with van der Waals surface area (Å²) in [6, 6.07) is 8.87. The van der Waals surface area contributed by atoms with Gasteiger partial charge in [-0.3, -0.25) is 0 Å². The molecule has 96 valence electrons. The first-order chi connectivity index (χ1) is 8.22. The SMILES string of the molecule is CNCCCNCc1ccc(SC(C)C)cc1. The molecule has 1 rings (SSSR count). The molecule has 0 unspecified atom stereocenters. The largest absolute Gasteiger partial charge is 0.320 e. The van der Waals surface area contributed by atoms with Crippen LogP contribution in [0.4, 0.5) is 0 Å². The standard InChI is InChI=1S/C14H24N2S/c1-12(2)17-14-7-5-13(6-8-14)11-16-10-4-9-15-3/h5-8,12,15-16H,4,9-11H2,1-3H3. The van der Waals surface area contributed by atoms with Crippen LogP contribution < -0.4 is 10.6 Å². The van der Waals surface area contributed by atoms with Gasteiger partial charge in [0.25, 0.3) is 0 Å². The fourth-order valence-electron chi connectivity index (χ4n) is 1.58. The zero-order valence-corrected chi connectivity index (χ0v) is 11.9. The van der Waals surface area contributed by atoms with Crippen molar-refractivity contribution in [1.29, 1.82) is 0 Å². The molecule has 0 bridgehead atoms. The van der Waals surface area contributed by atoms with Crippen LogP contribution in [0.15, 0.2) is 29.2 Å². The highest BCUT2D eigenvalue weighted by Crippen LogP contribution is 2.22. The van der Waals surface area contributed by atoms with E-state index in [2.05, 4.69) is 48.7 Å². The van der Waals surface area contributed by atoms with Crippen LogP contribution in [0.25, 0.3) is 0 Å². The van der Waals surface area contributed by atoms with Crippen LogP contribution in [0.2, 0.25) is 0 Å². The summed E-state index contributed by atoms with van der Waals surface area (Å²) in [5, 5.41) is 7.25. The maximum atomic E-state index is 3.45. The van der Waals surface area contributed by atoms with Crippen LogP contribution >= 0.6 is 11.8 Å². The Hall–Kier alpha value is -0.510. The Morgan fingerprint density at radius 2 is 1.82 bits per heavy atom. The summed E-state index contributed by atoms with van der Waals surface area (Å²) in [5.74, 6) is 0. The van der Waals surface area contributed by atoms with Crippen molar-refractivity contribution in [2.45, 2.75) is 37.0 Å². The van der Waals surface area contributed by atoms with Crippen LogP contribution in [0.1, 0.15) is 25.8 Å². The molecule has 2 nitrogen and oxygen atoms in total. The average Bonchev–Trinajstić information content (AvgIpc) is 2.30. The molecule has 0 radical (unpaired) electrons. The van der Waals surface area contributed by atoms with Crippen LogP contribution in [0, 0.1) is 0 Å². The fraction of sp³-hybridized carbons (Fsp3) is 0.571. The van der Waals surface area contributed by atoms with Crippen molar-refractivity contribution < 1.29 is 0 Å². The van der Waals surface area contributed by atoms with E-state index in [-0.39, 0.29) is 0 Å². The molecule has 1 aromatic carbocycles. The third kappa shape index (κ3) is 6.71. The van der Waals surface area contributed by atoms with E-state index >= 15 is 0 Å². The molecule has 0 aliphatic carbocycles. The smallest absolute Gasteiger partial charge is 0.0205 e. The molecule has 0 heterocycles. The maximum Gasteiger partial charge on any atom is 0.0205 e. The second kappa shape index (κ2) is 8.56. The molecule has 0 fully saturated rings. The van der Waals surface area contributed by atoms with Crippen LogP contribution in [0.5, 0.6) is 0 Å². The van der Waals surface area contributed by atoms with Gasteiger partial charge in [0.2, 0.25) is 0 Å². The molecule has 0 amide bonds. The van der Waals surface area contributed by atoms with E-state index in [1.807, 2.05) is 18.8 Å². The van der Waals surface area contributed by atoms with Gasteiger partial charge >= 0.3 is 0 Å². The zero-order chi connectivity index (χ0) is 12.5. The minimum absolute atomic E-state index is 0.653. The zero-order valence-electron chi connectivity index (χ0n) is 11.1. The first kappa shape index (κ1) is 14.6. The molecule has 0 aliphatic heterocycles. The predicted molar refractivity (Wildman–Crippen MR) is 77.7 cm³/mol. The number of hydrogen-bond acceptors (Lipinski definition) is 3. The van der Waals surface area contributed by atoms with Gasteiger partial charge in [0.1, 0.15) is 0 Å². The van der Waals surface area contributed by atoms with Gasteiger partial charge in [0.05, 0.1) is 0 Å². The van der Waals surface area contributed by atoms with E-state index in [1.54, 1.807) is 0 Å². The Morgan fingerprint density at radius 3 is 2.41 bits per heavy atom. The molecule has 1 aromatic rings. The van der Waals surface area contributed by atoms with Crippen LogP contribution in [-0.4, -0.2) is 25.4 Å². The lowest BCUT2D eigenvalue weighted by Gasteiger charge is -2.07. The van der Waals surface area contributed by atoms with Gasteiger partial charge in [0.15, 0.2) is 0 Å². The summed E-state index contributed by atoms with van der Waals surface area (Å²) >= 11 is 1.91. The van der Waals surface area contributed by atoms with Crippen LogP contribution in [-0.2, 0) is 6.54 Å². The lowest BCUT2D eigenvalue weighted by atomic mass is 10.2. The van der Waals surface area contributed by atoms with Crippen molar-refractivity contribution in [3.63, 3.8) is 0 Å². The first-order valence-corrected chi connectivity index (χ1v) is 7.21. The van der Waals surface area contributed by atoms with E-state index in [0.717, 1.165) is 19.6 Å². The van der Waals surface area contributed by atoms with Crippen LogP contribution in [0.3, 0.4) is 0 Å². The summed E-state index contributed by atoms with van der Waals surface area (Å²) < 4.78 is 0. The Bertz CT molecular complexity index is 296. The van der Waals surface area contributed by atoms with E-state index in [4.69, 9.17) is 0 Å². The predicted octanol–water partition coefficient (Wildman–Crippen LogP) is 2.89. The van der Waals surface area contributed by atoms with Gasteiger partial charge in [-0.2, -0.15) is 0 Å². The molecule has 3 heteroatoms. The van der Waals surface area contributed by atoms with Gasteiger partial charge < -0.3 is 10.6 Å². The Kier molecular flexibility index (Phi) is 7.33. The third-order valence-electron chi connectivity index (χ3n) is 2.40. The Labute approximate surface area is 110 Å². The van der Waals surface area contributed by atoms with E-state index < -0.39 is 0 Å². The number of hydrogen-bond donors (Lipinski definition) is 2. The fourth-order valence-corrected chi connectivity index (χ4v) is 2.42. The molecule has 0 aliphatic rings. The minimum atomic E-state index is 0.653. The monoisotopic (exact) mass is 252 g/mol. The van der Waals surface area contributed by atoms with Crippen molar-refractivity contribution in [2.75, 3.05) is 20.1 Å². The molecule has 17 heavy (non-hydrogen) atoms. The molecule has 0 atom stereocenters. The molecular formula is C14H24N2S. The Balaban J connectivity index is 2.25. The summed E-state index contributed by atoms with van der Waals surface area (Å²) in [6.45, 7) is 7.57. The quantitative estimate of drug-likeness (QED) is 0.549. The second-order valence-corrected chi connectivity index (χ2v) is 6.09. The van der Waals surface area contributed by atoms with Crippen molar-refractivity contribution in [3.8, 4) is 0 Å². The van der Waals surface area contributed by atoms with Crippen molar-refractivity contribution in [1.82, 2.24) is 10.6 Å². The Morgan fingerprint density at radius 1 is 1.12 bits per heavy atom. The third-order valence-corrected chi connectivity index (χ3v) is 3.42. The van der Waals surface area contributed by atoms with Gasteiger partial charge in [-0.1, -0.05) is 26.0 Å². The molecule has 2 N–H and O–H groups in total. The summed E-state index contributed by atoms with van der Waals surface area (Å²) in [4.78, 5) is 1.36. The van der Waals surface area contributed by atoms with Gasteiger partial charge in [-0.25, -0.2) is 0 Å². The van der Waals surface area contributed by atoms with Crippen molar-refractivity contribution >= 4 is 11.8 Å². The highest BCUT2D eigenvalue weighted by Gasteiger charge is 1.98. The topological polar surface area (TPSA) is 24.1 Å². The van der Waals surface area contributed by atoms with E-state index in [9.17, 15) is 0 Å². The lowest BCUT2D eigenvalue weighted by molar-refractivity contribution is 0.625. The number of rotatable bonds is 8. The normalized spacial score (nSPS) is 11.1. The second-order valence-electron chi connectivity index (χ2n) is 4.44. The molecular weight excluding hydrogens is 228 g/mol. The van der Waals surface area contributed by atoms with Gasteiger partial charge in [-0.15, -0.1) is 11.8 Å². The minimum Gasteiger partial charge on any atom is -0.320 e. The lowest BCUT2D eigenvalue weighted by Crippen LogP contribution is -2.19. The maximum absolute atomic E-state index is 3.45. The molecule has 0 saturated carbocycles. The number of benzene rings is 1.